The molecule has 0 aliphatic heterocycles. The Morgan fingerprint density at radius 2 is 1.95 bits per heavy atom. The van der Waals surface area contributed by atoms with Crippen LogP contribution in [0.5, 0.6) is 0 Å². The van der Waals surface area contributed by atoms with E-state index in [4.69, 9.17) is 11.6 Å². The van der Waals surface area contributed by atoms with Crippen LogP contribution in [0.15, 0.2) is 22.7 Å². The number of alkyl halides is 3. The van der Waals surface area contributed by atoms with Gasteiger partial charge in [-0.05, 0) is 31.0 Å². The predicted molar refractivity (Wildman–Crippen MR) is 78.4 cm³/mol. The van der Waals surface area contributed by atoms with Crippen molar-refractivity contribution in [1.29, 1.82) is 0 Å². The highest BCUT2D eigenvalue weighted by Crippen LogP contribution is 2.38. The van der Waals surface area contributed by atoms with E-state index in [0.29, 0.717) is 23.7 Å². The number of rotatable bonds is 2. The molecule has 1 saturated carbocycles. The summed E-state index contributed by atoms with van der Waals surface area (Å²) in [4.78, 5) is 12.2. The average Bonchev–Trinajstić information content (AvgIpc) is 2.41. The Labute approximate surface area is 134 Å². The molecule has 0 bridgehead atoms. The zero-order valence-corrected chi connectivity index (χ0v) is 13.4. The standard InChI is InChI=1S/C14H14BrClF3NO/c15-8-5-6-11(16)9(7-8)13(21)20-12-4-2-1-3-10(12)14(17,18)19/h5-7,10,12H,1-4H2,(H,20,21)/t10-,12+/m1/s1. The fourth-order valence-corrected chi connectivity index (χ4v) is 3.18. The third kappa shape index (κ3) is 4.13. The molecule has 1 fully saturated rings. The van der Waals surface area contributed by atoms with Gasteiger partial charge in [0.2, 0.25) is 0 Å². The molecule has 7 heteroatoms. The number of carbonyl (C=O) groups is 1. The van der Waals surface area contributed by atoms with E-state index < -0.39 is 24.0 Å². The first-order chi connectivity index (χ1) is 9.79. The highest BCUT2D eigenvalue weighted by atomic mass is 79.9. The van der Waals surface area contributed by atoms with Crippen molar-refractivity contribution in [2.24, 2.45) is 5.92 Å². The van der Waals surface area contributed by atoms with Gasteiger partial charge in [-0.15, -0.1) is 0 Å². The Kier molecular flexibility index (Phi) is 5.20. The first-order valence-corrected chi connectivity index (χ1v) is 7.79. The van der Waals surface area contributed by atoms with Crippen molar-refractivity contribution in [2.45, 2.75) is 37.9 Å². The lowest BCUT2D eigenvalue weighted by Crippen LogP contribution is -2.47. The molecular formula is C14H14BrClF3NO. The Morgan fingerprint density at radius 1 is 1.29 bits per heavy atom. The second-order valence-corrected chi connectivity index (χ2v) is 6.46. The molecule has 2 nitrogen and oxygen atoms in total. The van der Waals surface area contributed by atoms with E-state index in [2.05, 4.69) is 21.2 Å². The molecule has 1 aromatic carbocycles. The number of carbonyl (C=O) groups excluding carboxylic acids is 1. The van der Waals surface area contributed by atoms with E-state index in [-0.39, 0.29) is 17.0 Å². The van der Waals surface area contributed by atoms with Crippen molar-refractivity contribution in [3.63, 3.8) is 0 Å². The number of hydrogen-bond acceptors (Lipinski definition) is 1. The van der Waals surface area contributed by atoms with Gasteiger partial charge in [0.25, 0.3) is 5.91 Å². The molecule has 1 aliphatic rings. The number of halogens is 5. The maximum Gasteiger partial charge on any atom is 0.393 e. The average molecular weight is 385 g/mol. The largest absolute Gasteiger partial charge is 0.393 e. The monoisotopic (exact) mass is 383 g/mol. The zero-order valence-electron chi connectivity index (χ0n) is 11.0. The van der Waals surface area contributed by atoms with E-state index in [0.717, 1.165) is 0 Å². The molecule has 2 atom stereocenters. The molecule has 0 aromatic heterocycles. The van der Waals surface area contributed by atoms with Gasteiger partial charge >= 0.3 is 6.18 Å². The lowest BCUT2D eigenvalue weighted by molar-refractivity contribution is -0.187. The molecule has 0 spiro atoms. The summed E-state index contributed by atoms with van der Waals surface area (Å²) in [5, 5.41) is 2.71. The van der Waals surface area contributed by atoms with Crippen LogP contribution in [0.1, 0.15) is 36.0 Å². The van der Waals surface area contributed by atoms with Gasteiger partial charge < -0.3 is 5.32 Å². The molecule has 0 saturated heterocycles. The van der Waals surface area contributed by atoms with E-state index in [1.54, 1.807) is 6.07 Å². The van der Waals surface area contributed by atoms with Crippen molar-refractivity contribution in [1.82, 2.24) is 5.32 Å². The van der Waals surface area contributed by atoms with Crippen LogP contribution in [0, 0.1) is 5.92 Å². The first-order valence-electron chi connectivity index (χ1n) is 6.61. The van der Waals surface area contributed by atoms with Crippen LogP contribution >= 0.6 is 27.5 Å². The molecule has 1 amide bonds. The fraction of sp³-hybridized carbons (Fsp3) is 0.500. The molecule has 21 heavy (non-hydrogen) atoms. The molecule has 116 valence electrons. The van der Waals surface area contributed by atoms with Gasteiger partial charge in [-0.1, -0.05) is 40.4 Å². The van der Waals surface area contributed by atoms with Crippen LogP contribution in [-0.4, -0.2) is 18.1 Å². The minimum Gasteiger partial charge on any atom is -0.349 e. The van der Waals surface area contributed by atoms with E-state index in [1.165, 1.54) is 12.1 Å². The van der Waals surface area contributed by atoms with Crippen molar-refractivity contribution in [2.75, 3.05) is 0 Å². The summed E-state index contributed by atoms with van der Waals surface area (Å²) in [7, 11) is 0. The van der Waals surface area contributed by atoms with E-state index >= 15 is 0 Å². The van der Waals surface area contributed by atoms with Crippen LogP contribution in [-0.2, 0) is 0 Å². The molecule has 1 N–H and O–H groups in total. The zero-order chi connectivity index (χ0) is 15.6. The van der Waals surface area contributed by atoms with Crippen LogP contribution in [0.3, 0.4) is 0 Å². The summed E-state index contributed by atoms with van der Waals surface area (Å²) < 4.78 is 39.7. The fourth-order valence-electron chi connectivity index (χ4n) is 2.61. The maximum atomic E-state index is 13.0. The molecular weight excluding hydrogens is 371 g/mol. The van der Waals surface area contributed by atoms with Gasteiger partial charge in [0.15, 0.2) is 0 Å². The Hall–Kier alpha value is -0.750. The van der Waals surface area contributed by atoms with E-state index in [1.807, 2.05) is 0 Å². The van der Waals surface area contributed by atoms with Crippen molar-refractivity contribution < 1.29 is 18.0 Å². The van der Waals surface area contributed by atoms with Crippen LogP contribution in [0.25, 0.3) is 0 Å². The second kappa shape index (κ2) is 6.57. The number of hydrogen-bond donors (Lipinski definition) is 1. The summed E-state index contributed by atoms with van der Waals surface area (Å²) in [5.41, 5.74) is 0.178. The van der Waals surface area contributed by atoms with Gasteiger partial charge in [-0.2, -0.15) is 13.2 Å². The number of amides is 1. The third-order valence-corrected chi connectivity index (χ3v) is 4.50. The molecule has 1 aliphatic carbocycles. The lowest BCUT2D eigenvalue weighted by Gasteiger charge is -2.33. The Bertz CT molecular complexity index is 535. The van der Waals surface area contributed by atoms with Gasteiger partial charge in [0.05, 0.1) is 16.5 Å². The van der Waals surface area contributed by atoms with Crippen molar-refractivity contribution >= 4 is 33.4 Å². The van der Waals surface area contributed by atoms with Gasteiger partial charge in [0.1, 0.15) is 0 Å². The maximum absolute atomic E-state index is 13.0. The van der Waals surface area contributed by atoms with Gasteiger partial charge in [0, 0.05) is 10.5 Å². The normalized spacial score (nSPS) is 22.9. The van der Waals surface area contributed by atoms with Gasteiger partial charge in [-0.25, -0.2) is 0 Å². The smallest absolute Gasteiger partial charge is 0.349 e. The summed E-state index contributed by atoms with van der Waals surface area (Å²) in [6.07, 6.45) is -2.68. The number of nitrogens with one attached hydrogen (secondary N) is 1. The molecule has 0 radical (unpaired) electrons. The number of benzene rings is 1. The van der Waals surface area contributed by atoms with E-state index in [9.17, 15) is 18.0 Å². The van der Waals surface area contributed by atoms with Gasteiger partial charge in [-0.3, -0.25) is 4.79 Å². The summed E-state index contributed by atoms with van der Waals surface area (Å²) >= 11 is 9.15. The quantitative estimate of drug-likeness (QED) is 0.768. The third-order valence-electron chi connectivity index (χ3n) is 3.68. The van der Waals surface area contributed by atoms with Crippen LogP contribution in [0.4, 0.5) is 13.2 Å². The minimum absolute atomic E-state index is 0.0562. The van der Waals surface area contributed by atoms with Crippen molar-refractivity contribution in [3.05, 3.63) is 33.3 Å². The summed E-state index contributed by atoms with van der Waals surface area (Å²) in [6.45, 7) is 0. The second-order valence-electron chi connectivity index (χ2n) is 5.14. The van der Waals surface area contributed by atoms with Crippen LogP contribution in [0.2, 0.25) is 5.02 Å². The topological polar surface area (TPSA) is 29.1 Å². The summed E-state index contributed by atoms with van der Waals surface area (Å²) in [6, 6.07) is 3.81. The molecule has 0 unspecified atom stereocenters. The highest BCUT2D eigenvalue weighted by molar-refractivity contribution is 9.10. The SMILES string of the molecule is O=C(N[C@H]1CCCC[C@H]1C(F)(F)F)c1cc(Br)ccc1Cl. The minimum atomic E-state index is -4.29. The van der Waals surface area contributed by atoms with Crippen molar-refractivity contribution in [3.8, 4) is 0 Å². The molecule has 1 aromatic rings. The lowest BCUT2D eigenvalue weighted by atomic mass is 9.84. The van der Waals surface area contributed by atoms with Crippen LogP contribution < -0.4 is 5.32 Å². The molecule has 2 rings (SSSR count). The highest BCUT2D eigenvalue weighted by Gasteiger charge is 2.46. The first kappa shape index (κ1) is 16.6. The summed E-state index contributed by atoms with van der Waals surface area (Å²) in [5.74, 6) is -2.05. The Morgan fingerprint density at radius 3 is 2.62 bits per heavy atom. The Balaban J connectivity index is 2.15. The predicted octanol–water partition coefficient (Wildman–Crippen LogP) is 4.95. The molecule has 0 heterocycles.